The van der Waals surface area contributed by atoms with E-state index in [9.17, 15) is 5.11 Å². The van der Waals surface area contributed by atoms with Gasteiger partial charge in [0.15, 0.2) is 5.96 Å². The zero-order valence-electron chi connectivity index (χ0n) is 17.0. The van der Waals surface area contributed by atoms with Gasteiger partial charge in [0.1, 0.15) is 0 Å². The highest BCUT2D eigenvalue weighted by Gasteiger charge is 2.36. The van der Waals surface area contributed by atoms with Crippen LogP contribution >= 0.6 is 35.3 Å². The Morgan fingerprint density at radius 1 is 1.25 bits per heavy atom. The minimum atomic E-state index is -0.00657. The van der Waals surface area contributed by atoms with E-state index in [2.05, 4.69) is 35.1 Å². The minimum absolute atomic E-state index is 0. The standard InChI is InChI=1S/C21H35N3O2S.HI/c1-2-22-19(23-15-20(10-12-25)11-13-26-17-20)24-16-21(8-4-3-5-9-21)18-7-6-14-27-18;/h6-7,14,25H,2-5,8-13,15-17H2,1H3,(H2,22,23,24);1H. The highest BCUT2D eigenvalue weighted by molar-refractivity contribution is 14.0. The summed E-state index contributed by atoms with van der Waals surface area (Å²) < 4.78 is 5.61. The monoisotopic (exact) mass is 521 g/mol. The van der Waals surface area contributed by atoms with Crippen molar-refractivity contribution in [2.75, 3.05) is 39.5 Å². The summed E-state index contributed by atoms with van der Waals surface area (Å²) in [7, 11) is 0. The van der Waals surface area contributed by atoms with Crippen LogP contribution in [-0.2, 0) is 10.2 Å². The summed E-state index contributed by atoms with van der Waals surface area (Å²) in [6, 6.07) is 4.47. The molecule has 1 aromatic rings. The number of halogens is 1. The van der Waals surface area contributed by atoms with Crippen LogP contribution in [0.25, 0.3) is 0 Å². The first-order valence-electron chi connectivity index (χ1n) is 10.5. The van der Waals surface area contributed by atoms with Gasteiger partial charge in [-0.25, -0.2) is 0 Å². The molecule has 1 saturated heterocycles. The van der Waals surface area contributed by atoms with E-state index in [0.29, 0.717) is 13.2 Å². The summed E-state index contributed by atoms with van der Waals surface area (Å²) in [5.74, 6) is 0.892. The molecule has 28 heavy (non-hydrogen) atoms. The van der Waals surface area contributed by atoms with E-state index in [4.69, 9.17) is 9.73 Å². The largest absolute Gasteiger partial charge is 0.396 e. The molecular formula is C21H36IN3O2S. The number of hydrogen-bond donors (Lipinski definition) is 3. The van der Waals surface area contributed by atoms with Crippen LogP contribution in [-0.4, -0.2) is 50.5 Å². The third kappa shape index (κ3) is 6.06. The van der Waals surface area contributed by atoms with E-state index in [1.165, 1.54) is 37.0 Å². The number of hydrogen-bond acceptors (Lipinski definition) is 4. The third-order valence-corrected chi connectivity index (χ3v) is 7.31. The van der Waals surface area contributed by atoms with Crippen molar-refractivity contribution in [1.29, 1.82) is 0 Å². The van der Waals surface area contributed by atoms with Gasteiger partial charge in [-0.15, -0.1) is 35.3 Å². The van der Waals surface area contributed by atoms with Crippen LogP contribution < -0.4 is 10.6 Å². The van der Waals surface area contributed by atoms with Gasteiger partial charge in [-0.05, 0) is 44.1 Å². The van der Waals surface area contributed by atoms with Gasteiger partial charge in [0, 0.05) is 42.0 Å². The second kappa shape index (κ2) is 11.7. The summed E-state index contributed by atoms with van der Waals surface area (Å²) in [5, 5.41) is 18.7. The molecule has 7 heteroatoms. The highest BCUT2D eigenvalue weighted by Crippen LogP contribution is 2.41. The molecule has 160 valence electrons. The number of rotatable bonds is 8. The normalized spacial score (nSPS) is 24.6. The fraction of sp³-hybridized carbons (Fsp3) is 0.762. The predicted octanol–water partition coefficient (Wildman–Crippen LogP) is 3.91. The Morgan fingerprint density at radius 3 is 2.68 bits per heavy atom. The molecule has 2 fully saturated rings. The molecule has 1 aliphatic heterocycles. The molecule has 3 N–H and O–H groups in total. The SMILES string of the molecule is CCNC(=NCC1(CCO)CCOC1)NCC1(c2cccs2)CCCCC1.I. The molecule has 1 aromatic heterocycles. The molecule has 1 aliphatic carbocycles. The summed E-state index contributed by atoms with van der Waals surface area (Å²) in [5.41, 5.74) is 0.231. The van der Waals surface area contributed by atoms with Gasteiger partial charge in [-0.2, -0.15) is 0 Å². The summed E-state index contributed by atoms with van der Waals surface area (Å²) in [4.78, 5) is 6.40. The number of guanidine groups is 1. The quantitative estimate of drug-likeness (QED) is 0.276. The first-order chi connectivity index (χ1) is 13.2. The second-order valence-corrected chi connectivity index (χ2v) is 9.09. The number of aliphatic imine (C=N–C) groups is 1. The lowest BCUT2D eigenvalue weighted by Crippen LogP contribution is -2.46. The lowest BCUT2D eigenvalue weighted by molar-refractivity contribution is 0.131. The predicted molar refractivity (Wildman–Crippen MR) is 128 cm³/mol. The van der Waals surface area contributed by atoms with Gasteiger partial charge in [0.25, 0.3) is 0 Å². The average Bonchev–Trinajstić information content (AvgIpc) is 3.38. The molecule has 0 aromatic carbocycles. The van der Waals surface area contributed by atoms with E-state index in [0.717, 1.165) is 38.5 Å². The van der Waals surface area contributed by atoms with Gasteiger partial charge in [0.2, 0.25) is 0 Å². The van der Waals surface area contributed by atoms with Crippen LogP contribution in [0, 0.1) is 5.41 Å². The van der Waals surface area contributed by atoms with Gasteiger partial charge < -0.3 is 20.5 Å². The number of nitrogens with one attached hydrogen (secondary N) is 2. The van der Waals surface area contributed by atoms with Crippen molar-refractivity contribution in [2.45, 2.75) is 57.3 Å². The Bertz CT molecular complexity index is 582. The van der Waals surface area contributed by atoms with Gasteiger partial charge in [-0.3, -0.25) is 4.99 Å². The molecule has 1 saturated carbocycles. The fourth-order valence-electron chi connectivity index (χ4n) is 4.45. The maximum absolute atomic E-state index is 9.44. The molecule has 1 unspecified atom stereocenters. The molecule has 2 heterocycles. The topological polar surface area (TPSA) is 65.9 Å². The van der Waals surface area contributed by atoms with Gasteiger partial charge in [-0.1, -0.05) is 25.3 Å². The van der Waals surface area contributed by atoms with E-state index in [1.807, 2.05) is 11.3 Å². The maximum Gasteiger partial charge on any atom is 0.191 e. The maximum atomic E-state index is 9.44. The van der Waals surface area contributed by atoms with Gasteiger partial charge in [0.05, 0.1) is 13.2 Å². The second-order valence-electron chi connectivity index (χ2n) is 8.14. The minimum Gasteiger partial charge on any atom is -0.396 e. The van der Waals surface area contributed by atoms with Crippen molar-refractivity contribution in [3.05, 3.63) is 22.4 Å². The first kappa shape index (κ1) is 23.9. The number of nitrogens with zero attached hydrogens (tertiary/aromatic N) is 1. The fourth-order valence-corrected chi connectivity index (χ4v) is 5.44. The van der Waals surface area contributed by atoms with Crippen LogP contribution in [0.2, 0.25) is 0 Å². The molecule has 0 radical (unpaired) electrons. The Balaban J connectivity index is 0.00000280. The lowest BCUT2D eigenvalue weighted by Gasteiger charge is -2.37. The lowest BCUT2D eigenvalue weighted by atomic mass is 9.73. The van der Waals surface area contributed by atoms with Crippen molar-refractivity contribution >= 4 is 41.3 Å². The first-order valence-corrected chi connectivity index (χ1v) is 11.3. The van der Waals surface area contributed by atoms with Crippen LogP contribution in [0.5, 0.6) is 0 Å². The molecule has 0 bridgehead atoms. The Labute approximate surface area is 190 Å². The summed E-state index contributed by atoms with van der Waals surface area (Å²) in [6.07, 6.45) is 8.22. The molecule has 0 spiro atoms. The Morgan fingerprint density at radius 2 is 2.07 bits per heavy atom. The zero-order chi connectivity index (χ0) is 19.0. The van der Waals surface area contributed by atoms with Crippen molar-refractivity contribution in [3.8, 4) is 0 Å². The van der Waals surface area contributed by atoms with E-state index in [-0.39, 0.29) is 41.4 Å². The van der Waals surface area contributed by atoms with Crippen LogP contribution in [0.15, 0.2) is 22.5 Å². The molecule has 0 amide bonds. The zero-order valence-corrected chi connectivity index (χ0v) is 20.2. The molecule has 5 nitrogen and oxygen atoms in total. The number of aliphatic hydroxyl groups is 1. The Hall–Kier alpha value is -0.380. The van der Waals surface area contributed by atoms with E-state index >= 15 is 0 Å². The van der Waals surface area contributed by atoms with E-state index < -0.39 is 0 Å². The molecule has 1 atom stereocenters. The number of aliphatic hydroxyl groups excluding tert-OH is 1. The van der Waals surface area contributed by atoms with Gasteiger partial charge >= 0.3 is 0 Å². The van der Waals surface area contributed by atoms with Crippen molar-refractivity contribution in [3.63, 3.8) is 0 Å². The molecule has 3 rings (SSSR count). The number of thiophene rings is 1. The smallest absolute Gasteiger partial charge is 0.191 e. The van der Waals surface area contributed by atoms with Crippen molar-refractivity contribution in [2.24, 2.45) is 10.4 Å². The summed E-state index contributed by atoms with van der Waals surface area (Å²) in [6.45, 7) is 6.27. The third-order valence-electron chi connectivity index (χ3n) is 6.19. The van der Waals surface area contributed by atoms with Crippen LogP contribution in [0.3, 0.4) is 0 Å². The average molecular weight is 522 g/mol. The Kier molecular flexibility index (Phi) is 10.00. The van der Waals surface area contributed by atoms with Crippen molar-refractivity contribution in [1.82, 2.24) is 10.6 Å². The number of ether oxygens (including phenoxy) is 1. The van der Waals surface area contributed by atoms with Crippen molar-refractivity contribution < 1.29 is 9.84 Å². The molecular weight excluding hydrogens is 485 g/mol. The molecule has 2 aliphatic rings. The summed E-state index contributed by atoms with van der Waals surface area (Å²) >= 11 is 1.89. The van der Waals surface area contributed by atoms with E-state index in [1.54, 1.807) is 0 Å². The highest BCUT2D eigenvalue weighted by atomic mass is 127. The van der Waals surface area contributed by atoms with Crippen LogP contribution in [0.4, 0.5) is 0 Å². The van der Waals surface area contributed by atoms with Crippen LogP contribution in [0.1, 0.15) is 56.7 Å².